The van der Waals surface area contributed by atoms with Crippen molar-refractivity contribution >= 4 is 27.7 Å². The summed E-state index contributed by atoms with van der Waals surface area (Å²) >= 11 is 0. The third kappa shape index (κ3) is 3.61. The predicted octanol–water partition coefficient (Wildman–Crippen LogP) is 6.11. The number of hydrogen-bond donors (Lipinski definition) is 0. The van der Waals surface area contributed by atoms with Crippen molar-refractivity contribution in [2.45, 2.75) is 52.5 Å². The van der Waals surface area contributed by atoms with E-state index in [1.165, 1.54) is 25.7 Å². The van der Waals surface area contributed by atoms with Crippen LogP contribution in [0.4, 0.5) is 0 Å². The molecule has 0 saturated carbocycles. The van der Waals surface area contributed by atoms with E-state index in [0.29, 0.717) is 24.7 Å². The van der Waals surface area contributed by atoms with Gasteiger partial charge >= 0.3 is 5.97 Å². The van der Waals surface area contributed by atoms with Crippen LogP contribution < -0.4 is 4.74 Å². The van der Waals surface area contributed by atoms with Crippen molar-refractivity contribution in [3.8, 4) is 5.75 Å². The van der Waals surface area contributed by atoms with E-state index in [-0.39, 0.29) is 5.97 Å². The van der Waals surface area contributed by atoms with Gasteiger partial charge in [0.05, 0.1) is 6.61 Å². The molecule has 1 aliphatic heterocycles. The molecule has 1 aliphatic carbocycles. The van der Waals surface area contributed by atoms with Gasteiger partial charge in [-0.15, -0.1) is 0 Å². The van der Waals surface area contributed by atoms with Crippen molar-refractivity contribution < 1.29 is 18.7 Å². The summed E-state index contributed by atoms with van der Waals surface area (Å²) in [7, 11) is 0. The van der Waals surface area contributed by atoms with E-state index in [9.17, 15) is 4.79 Å². The molecule has 0 N–H and O–H groups in total. The van der Waals surface area contributed by atoms with E-state index in [1.54, 1.807) is 5.57 Å². The van der Waals surface area contributed by atoms with Crippen molar-refractivity contribution in [1.82, 2.24) is 4.90 Å². The van der Waals surface area contributed by atoms with Gasteiger partial charge in [-0.05, 0) is 46.0 Å². The van der Waals surface area contributed by atoms with Crippen molar-refractivity contribution in [3.05, 3.63) is 52.8 Å². The maximum Gasteiger partial charge on any atom is 0.342 e. The standard InChI is InChI=1S/C26H29NO4/c1-3-29-26(28)22-17(2)31-25-20-12-8-7-11-19(20)24-21(23(22)25)15-27(16-30-24)14-13-18-9-5-4-6-10-18/h7-9,11-12H,3-6,10,13-16H2,1-2H3. The first-order chi connectivity index (χ1) is 15.2. The fraction of sp³-hybridized carbons (Fsp3) is 0.423. The van der Waals surface area contributed by atoms with Crippen LogP contribution in [0.3, 0.4) is 0 Å². The first-order valence-corrected chi connectivity index (χ1v) is 11.3. The molecule has 0 fully saturated rings. The van der Waals surface area contributed by atoms with Crippen molar-refractivity contribution in [3.63, 3.8) is 0 Å². The number of aryl methyl sites for hydroxylation is 1. The number of carbonyl (C=O) groups is 1. The zero-order chi connectivity index (χ0) is 21.4. The number of furan rings is 1. The minimum atomic E-state index is -0.333. The molecule has 31 heavy (non-hydrogen) atoms. The monoisotopic (exact) mass is 419 g/mol. The smallest absolute Gasteiger partial charge is 0.342 e. The quantitative estimate of drug-likeness (QED) is 0.369. The zero-order valence-corrected chi connectivity index (χ0v) is 18.3. The lowest BCUT2D eigenvalue weighted by atomic mass is 9.95. The van der Waals surface area contributed by atoms with Gasteiger partial charge in [0.25, 0.3) is 0 Å². The molecule has 0 amide bonds. The normalized spacial score (nSPS) is 16.8. The summed E-state index contributed by atoms with van der Waals surface area (Å²) in [6.45, 7) is 6.23. The lowest BCUT2D eigenvalue weighted by molar-refractivity contribution is 0.0526. The summed E-state index contributed by atoms with van der Waals surface area (Å²) in [4.78, 5) is 15.2. The molecule has 2 aliphatic rings. The van der Waals surface area contributed by atoms with E-state index >= 15 is 0 Å². The molecule has 162 valence electrons. The van der Waals surface area contributed by atoms with Gasteiger partial charge in [-0.25, -0.2) is 4.79 Å². The van der Waals surface area contributed by atoms with Crippen molar-refractivity contribution in [2.24, 2.45) is 0 Å². The fourth-order valence-electron chi connectivity index (χ4n) is 4.94. The molecular formula is C26H29NO4. The van der Waals surface area contributed by atoms with Gasteiger partial charge in [0.1, 0.15) is 29.4 Å². The molecule has 2 aromatic carbocycles. The third-order valence-corrected chi connectivity index (χ3v) is 6.46. The van der Waals surface area contributed by atoms with Crippen molar-refractivity contribution in [2.75, 3.05) is 19.9 Å². The van der Waals surface area contributed by atoms with E-state index in [0.717, 1.165) is 52.6 Å². The Morgan fingerprint density at radius 3 is 2.81 bits per heavy atom. The molecular weight excluding hydrogens is 390 g/mol. The number of carbonyl (C=O) groups excluding carboxylic acids is 1. The summed E-state index contributed by atoms with van der Waals surface area (Å²) in [5.74, 6) is 1.12. The number of nitrogens with zero attached hydrogens (tertiary/aromatic N) is 1. The Hall–Kier alpha value is -2.79. The highest BCUT2D eigenvalue weighted by molar-refractivity contribution is 6.16. The Morgan fingerprint density at radius 1 is 1.19 bits per heavy atom. The molecule has 0 saturated heterocycles. The first kappa shape index (κ1) is 20.1. The molecule has 2 heterocycles. The lowest BCUT2D eigenvalue weighted by Gasteiger charge is -2.31. The van der Waals surface area contributed by atoms with E-state index < -0.39 is 0 Å². The fourth-order valence-corrected chi connectivity index (χ4v) is 4.94. The largest absolute Gasteiger partial charge is 0.477 e. The zero-order valence-electron chi connectivity index (χ0n) is 18.3. The number of hydrogen-bond acceptors (Lipinski definition) is 5. The Bertz CT molecular complexity index is 1170. The van der Waals surface area contributed by atoms with Gasteiger partial charge in [0.2, 0.25) is 0 Å². The molecule has 5 heteroatoms. The molecule has 5 rings (SSSR count). The number of esters is 1. The summed E-state index contributed by atoms with van der Waals surface area (Å²) in [6.07, 6.45) is 8.52. The molecule has 0 unspecified atom stereocenters. The van der Waals surface area contributed by atoms with Crippen LogP contribution in [0.1, 0.15) is 60.7 Å². The average Bonchev–Trinajstić information content (AvgIpc) is 3.16. The van der Waals surface area contributed by atoms with Crippen LogP contribution in [0.2, 0.25) is 0 Å². The van der Waals surface area contributed by atoms with Gasteiger partial charge in [-0.1, -0.05) is 35.9 Å². The Labute approximate surface area is 182 Å². The molecule has 0 atom stereocenters. The molecule has 3 aromatic rings. The van der Waals surface area contributed by atoms with Gasteiger partial charge < -0.3 is 13.9 Å². The number of fused-ring (bicyclic) bond motifs is 6. The average molecular weight is 420 g/mol. The molecule has 0 bridgehead atoms. The first-order valence-electron chi connectivity index (χ1n) is 11.3. The minimum Gasteiger partial charge on any atom is -0.477 e. The second-order valence-electron chi connectivity index (χ2n) is 8.50. The number of rotatable bonds is 5. The van der Waals surface area contributed by atoms with Crippen molar-refractivity contribution in [1.29, 1.82) is 0 Å². The van der Waals surface area contributed by atoms with Crippen LogP contribution in [0, 0.1) is 6.92 Å². The Morgan fingerprint density at radius 2 is 2.03 bits per heavy atom. The van der Waals surface area contributed by atoms with E-state index in [1.807, 2.05) is 32.0 Å². The summed E-state index contributed by atoms with van der Waals surface area (Å²) in [5.41, 5.74) is 3.86. The van der Waals surface area contributed by atoms with Crippen LogP contribution in [-0.4, -0.2) is 30.8 Å². The molecule has 0 spiro atoms. The van der Waals surface area contributed by atoms with Crippen LogP contribution in [-0.2, 0) is 11.3 Å². The highest BCUT2D eigenvalue weighted by atomic mass is 16.5. The predicted molar refractivity (Wildman–Crippen MR) is 121 cm³/mol. The van der Waals surface area contributed by atoms with Gasteiger partial charge in [-0.2, -0.15) is 0 Å². The van der Waals surface area contributed by atoms with Crippen LogP contribution in [0.15, 0.2) is 40.3 Å². The Kier molecular flexibility index (Phi) is 5.45. The molecule has 0 radical (unpaired) electrons. The maximum absolute atomic E-state index is 12.8. The highest BCUT2D eigenvalue weighted by Gasteiger charge is 2.30. The summed E-state index contributed by atoms with van der Waals surface area (Å²) in [5, 5.41) is 2.84. The topological polar surface area (TPSA) is 51.9 Å². The van der Waals surface area contributed by atoms with Crippen LogP contribution in [0.25, 0.3) is 21.7 Å². The van der Waals surface area contributed by atoms with Gasteiger partial charge in [0, 0.05) is 34.8 Å². The molecule has 1 aromatic heterocycles. The SMILES string of the molecule is CCOC(=O)c1c(C)oc2c1c1c(c3ccccc32)OCN(CCC2=CCCCC2)C1. The lowest BCUT2D eigenvalue weighted by Crippen LogP contribution is -2.33. The summed E-state index contributed by atoms with van der Waals surface area (Å²) in [6, 6.07) is 8.10. The third-order valence-electron chi connectivity index (χ3n) is 6.46. The Balaban J connectivity index is 1.58. The second-order valence-corrected chi connectivity index (χ2v) is 8.50. The van der Waals surface area contributed by atoms with Crippen LogP contribution in [0.5, 0.6) is 5.75 Å². The maximum atomic E-state index is 12.8. The number of allylic oxidation sites excluding steroid dienone is 1. The number of ether oxygens (including phenoxy) is 2. The second kappa shape index (κ2) is 8.39. The molecule has 5 nitrogen and oxygen atoms in total. The number of benzene rings is 2. The van der Waals surface area contributed by atoms with Gasteiger partial charge in [-0.3, -0.25) is 4.90 Å². The van der Waals surface area contributed by atoms with E-state index in [4.69, 9.17) is 13.9 Å². The highest BCUT2D eigenvalue weighted by Crippen LogP contribution is 2.44. The van der Waals surface area contributed by atoms with Crippen LogP contribution >= 0.6 is 0 Å². The summed E-state index contributed by atoms with van der Waals surface area (Å²) < 4.78 is 17.8. The van der Waals surface area contributed by atoms with Gasteiger partial charge in [0.15, 0.2) is 0 Å². The minimum absolute atomic E-state index is 0.332. The van der Waals surface area contributed by atoms with E-state index in [2.05, 4.69) is 17.0 Å².